The molecule has 0 fully saturated rings. The smallest absolute Gasteiger partial charge is 0.185 e. The minimum absolute atomic E-state index is 0.291. The molecule has 0 spiro atoms. The van der Waals surface area contributed by atoms with Crippen molar-refractivity contribution in [2.45, 2.75) is 59.6 Å². The molecule has 122 valence electrons. The van der Waals surface area contributed by atoms with Crippen LogP contribution >= 0.6 is 11.3 Å². The van der Waals surface area contributed by atoms with Crippen molar-refractivity contribution in [2.75, 3.05) is 31.6 Å². The zero-order valence-electron chi connectivity index (χ0n) is 14.2. The first-order valence-corrected chi connectivity index (χ1v) is 8.92. The quantitative estimate of drug-likeness (QED) is 0.635. The van der Waals surface area contributed by atoms with Crippen LogP contribution in [0.15, 0.2) is 0 Å². The van der Waals surface area contributed by atoms with Crippen LogP contribution in [0.5, 0.6) is 0 Å². The summed E-state index contributed by atoms with van der Waals surface area (Å²) < 4.78 is 5.62. The molecule has 1 heterocycles. The largest absolute Gasteiger partial charge is 0.377 e. The third-order valence-electron chi connectivity index (χ3n) is 3.17. The standard InChI is InChI=1S/C16H31N3OS/c1-6-8-14-15(12-17-9-7-2)21-16(18-14)19(5)10-11-20-13(3)4/h13,17H,6-12H2,1-5H3. The summed E-state index contributed by atoms with van der Waals surface area (Å²) in [5.41, 5.74) is 1.26. The highest BCUT2D eigenvalue weighted by Gasteiger charge is 2.13. The number of anilines is 1. The molecule has 0 aliphatic rings. The van der Waals surface area contributed by atoms with Crippen molar-refractivity contribution in [1.29, 1.82) is 0 Å². The predicted octanol–water partition coefficient (Wildman–Crippen LogP) is 3.46. The summed E-state index contributed by atoms with van der Waals surface area (Å²) in [7, 11) is 2.10. The normalized spacial score (nSPS) is 11.3. The predicted molar refractivity (Wildman–Crippen MR) is 92.5 cm³/mol. The lowest BCUT2D eigenvalue weighted by Crippen LogP contribution is -2.23. The molecule has 0 radical (unpaired) electrons. The summed E-state index contributed by atoms with van der Waals surface area (Å²) in [6.07, 6.45) is 3.67. The Balaban J connectivity index is 2.62. The molecule has 0 amide bonds. The lowest BCUT2D eigenvalue weighted by molar-refractivity contribution is 0.0846. The fourth-order valence-electron chi connectivity index (χ4n) is 2.00. The van der Waals surface area contributed by atoms with Gasteiger partial charge in [0.1, 0.15) is 0 Å². The Hall–Kier alpha value is -0.650. The van der Waals surface area contributed by atoms with Crippen LogP contribution in [-0.2, 0) is 17.7 Å². The van der Waals surface area contributed by atoms with E-state index >= 15 is 0 Å². The highest BCUT2D eigenvalue weighted by Crippen LogP contribution is 2.26. The van der Waals surface area contributed by atoms with Gasteiger partial charge >= 0.3 is 0 Å². The molecule has 0 bridgehead atoms. The van der Waals surface area contributed by atoms with Crippen molar-refractivity contribution in [2.24, 2.45) is 0 Å². The monoisotopic (exact) mass is 313 g/mol. The number of likely N-dealkylation sites (N-methyl/N-ethyl adjacent to an activating group) is 1. The van der Waals surface area contributed by atoms with Crippen molar-refractivity contribution in [3.63, 3.8) is 0 Å². The summed E-state index contributed by atoms with van der Waals surface area (Å²) in [4.78, 5) is 8.42. The third-order valence-corrected chi connectivity index (χ3v) is 4.38. The SMILES string of the molecule is CCCNCc1sc(N(C)CCOC(C)C)nc1CCC. The minimum Gasteiger partial charge on any atom is -0.377 e. The molecule has 0 saturated carbocycles. The molecule has 4 nitrogen and oxygen atoms in total. The van der Waals surface area contributed by atoms with Gasteiger partial charge in [0.25, 0.3) is 0 Å². The van der Waals surface area contributed by atoms with Gasteiger partial charge in [-0.05, 0) is 33.2 Å². The fraction of sp³-hybridized carbons (Fsp3) is 0.812. The second kappa shape index (κ2) is 10.1. The molecule has 0 saturated heterocycles. The number of nitrogens with one attached hydrogen (secondary N) is 1. The number of ether oxygens (including phenoxy) is 1. The zero-order chi connectivity index (χ0) is 15.7. The van der Waals surface area contributed by atoms with E-state index in [1.165, 1.54) is 17.0 Å². The van der Waals surface area contributed by atoms with Crippen LogP contribution in [0.25, 0.3) is 0 Å². The van der Waals surface area contributed by atoms with Crippen LogP contribution in [0, 0.1) is 0 Å². The minimum atomic E-state index is 0.291. The van der Waals surface area contributed by atoms with E-state index in [1.54, 1.807) is 0 Å². The summed E-state index contributed by atoms with van der Waals surface area (Å²) in [6.45, 7) is 12.2. The van der Waals surface area contributed by atoms with Gasteiger partial charge in [0.2, 0.25) is 0 Å². The Bertz CT molecular complexity index is 393. The molecule has 21 heavy (non-hydrogen) atoms. The molecule has 1 aromatic rings. The maximum absolute atomic E-state index is 5.62. The third kappa shape index (κ3) is 6.76. The summed E-state index contributed by atoms with van der Waals surface area (Å²) in [5.74, 6) is 0. The Kier molecular flexibility index (Phi) is 8.88. The average molecular weight is 314 g/mol. The Morgan fingerprint density at radius 3 is 2.67 bits per heavy atom. The van der Waals surface area contributed by atoms with E-state index in [4.69, 9.17) is 9.72 Å². The number of rotatable bonds is 11. The van der Waals surface area contributed by atoms with E-state index in [1.807, 2.05) is 11.3 Å². The molecule has 0 aliphatic carbocycles. The van der Waals surface area contributed by atoms with Gasteiger partial charge in [-0.15, -0.1) is 11.3 Å². The lowest BCUT2D eigenvalue weighted by Gasteiger charge is -2.16. The lowest BCUT2D eigenvalue weighted by atomic mass is 10.2. The average Bonchev–Trinajstić information content (AvgIpc) is 2.82. The maximum atomic E-state index is 5.62. The van der Waals surface area contributed by atoms with E-state index in [2.05, 4.69) is 45.0 Å². The van der Waals surface area contributed by atoms with E-state index in [0.717, 1.165) is 44.2 Å². The number of hydrogen-bond acceptors (Lipinski definition) is 5. The first kappa shape index (κ1) is 18.4. The molecular formula is C16H31N3OS. The number of thiazole rings is 1. The summed E-state index contributed by atoms with van der Waals surface area (Å²) in [5, 5.41) is 4.60. The van der Waals surface area contributed by atoms with Gasteiger partial charge in [-0.25, -0.2) is 4.98 Å². The summed E-state index contributed by atoms with van der Waals surface area (Å²) in [6, 6.07) is 0. The van der Waals surface area contributed by atoms with E-state index in [-0.39, 0.29) is 0 Å². The first-order valence-electron chi connectivity index (χ1n) is 8.10. The van der Waals surface area contributed by atoms with Crippen LogP contribution in [0.2, 0.25) is 0 Å². The number of hydrogen-bond donors (Lipinski definition) is 1. The van der Waals surface area contributed by atoms with Crippen LogP contribution in [-0.4, -0.2) is 37.8 Å². The second-order valence-electron chi connectivity index (χ2n) is 5.63. The highest BCUT2D eigenvalue weighted by molar-refractivity contribution is 7.15. The number of aryl methyl sites for hydroxylation is 1. The maximum Gasteiger partial charge on any atom is 0.185 e. The van der Waals surface area contributed by atoms with Crippen molar-refractivity contribution < 1.29 is 4.74 Å². The molecule has 1 N–H and O–H groups in total. The van der Waals surface area contributed by atoms with Gasteiger partial charge in [0.15, 0.2) is 5.13 Å². The Morgan fingerprint density at radius 1 is 1.29 bits per heavy atom. The zero-order valence-corrected chi connectivity index (χ0v) is 15.1. The van der Waals surface area contributed by atoms with Crippen LogP contribution in [0.4, 0.5) is 5.13 Å². The summed E-state index contributed by atoms with van der Waals surface area (Å²) >= 11 is 1.81. The molecular weight excluding hydrogens is 282 g/mol. The Labute approximate surface area is 133 Å². The number of aromatic nitrogens is 1. The van der Waals surface area contributed by atoms with Gasteiger partial charge in [-0.2, -0.15) is 0 Å². The van der Waals surface area contributed by atoms with E-state index in [9.17, 15) is 0 Å². The molecule has 1 aromatic heterocycles. The van der Waals surface area contributed by atoms with Crippen molar-refractivity contribution in [1.82, 2.24) is 10.3 Å². The van der Waals surface area contributed by atoms with Crippen LogP contribution in [0.3, 0.4) is 0 Å². The van der Waals surface area contributed by atoms with Gasteiger partial charge < -0.3 is 15.0 Å². The van der Waals surface area contributed by atoms with Crippen LogP contribution < -0.4 is 10.2 Å². The first-order chi connectivity index (χ1) is 10.1. The van der Waals surface area contributed by atoms with Gasteiger partial charge in [-0.1, -0.05) is 20.3 Å². The van der Waals surface area contributed by atoms with Gasteiger partial charge in [0.05, 0.1) is 18.4 Å². The molecule has 0 aromatic carbocycles. The second-order valence-corrected chi connectivity index (χ2v) is 6.70. The van der Waals surface area contributed by atoms with E-state index in [0.29, 0.717) is 6.10 Å². The fourth-order valence-corrected chi connectivity index (χ4v) is 3.07. The molecule has 0 atom stereocenters. The molecule has 1 rings (SSSR count). The highest BCUT2D eigenvalue weighted by atomic mass is 32.1. The topological polar surface area (TPSA) is 37.4 Å². The Morgan fingerprint density at radius 2 is 2.05 bits per heavy atom. The van der Waals surface area contributed by atoms with Crippen molar-refractivity contribution in [3.8, 4) is 0 Å². The number of nitrogens with zero attached hydrogens (tertiary/aromatic N) is 2. The van der Waals surface area contributed by atoms with Crippen molar-refractivity contribution >= 4 is 16.5 Å². The van der Waals surface area contributed by atoms with Gasteiger partial charge in [-0.3, -0.25) is 0 Å². The van der Waals surface area contributed by atoms with Crippen molar-refractivity contribution in [3.05, 3.63) is 10.6 Å². The van der Waals surface area contributed by atoms with Crippen LogP contribution in [0.1, 0.15) is 51.1 Å². The molecule has 5 heteroatoms. The molecule has 0 unspecified atom stereocenters. The van der Waals surface area contributed by atoms with E-state index < -0.39 is 0 Å². The molecule has 0 aliphatic heterocycles. The van der Waals surface area contributed by atoms with Gasteiger partial charge in [0, 0.05) is 25.0 Å².